The van der Waals surface area contributed by atoms with Crippen LogP contribution in [-0.2, 0) is 14.4 Å². The fourth-order valence-electron chi connectivity index (χ4n) is 1.05. The summed E-state index contributed by atoms with van der Waals surface area (Å²) in [6, 6.07) is 0. The third-order valence-corrected chi connectivity index (χ3v) is 2.52. The van der Waals surface area contributed by atoms with Crippen LogP contribution in [0.5, 0.6) is 0 Å². The van der Waals surface area contributed by atoms with Crippen LogP contribution in [0, 0.1) is 5.92 Å². The summed E-state index contributed by atoms with van der Waals surface area (Å²) >= 11 is 1.28. The molecule has 0 atom stereocenters. The lowest BCUT2D eigenvalue weighted by Crippen LogP contribution is -2.36. The molecule has 0 aromatic rings. The zero-order chi connectivity index (χ0) is 8.43. The lowest BCUT2D eigenvalue weighted by molar-refractivity contribution is -0.137. The van der Waals surface area contributed by atoms with Crippen LogP contribution >= 0.6 is 11.8 Å². The fourth-order valence-corrected chi connectivity index (χ4v) is 1.89. The molecule has 0 bridgehead atoms. The van der Waals surface area contributed by atoms with E-state index >= 15 is 0 Å². The number of Topliss-reactive ketones (excluding diaryl/α,β-unsaturated/α-hetero) is 3. The van der Waals surface area contributed by atoms with Crippen molar-refractivity contribution >= 4 is 29.1 Å². The Morgan fingerprint density at radius 1 is 1.36 bits per heavy atom. The lowest BCUT2D eigenvalue weighted by atomic mass is 9.96. The number of ketones is 3. The Labute approximate surface area is 68.5 Å². The normalized spacial score (nSPS) is 20.5. The first-order valence-corrected chi connectivity index (χ1v) is 4.42. The van der Waals surface area contributed by atoms with Gasteiger partial charge in [-0.3, -0.25) is 14.4 Å². The van der Waals surface area contributed by atoms with Crippen LogP contribution in [0.15, 0.2) is 0 Å². The fraction of sp³-hybridized carbons (Fsp3) is 0.571. The van der Waals surface area contributed by atoms with Crippen LogP contribution in [0.4, 0.5) is 0 Å². The van der Waals surface area contributed by atoms with Crippen LogP contribution in [0.25, 0.3) is 0 Å². The highest BCUT2D eigenvalue weighted by molar-refractivity contribution is 8.00. The summed E-state index contributed by atoms with van der Waals surface area (Å²) in [7, 11) is 0. The van der Waals surface area contributed by atoms with Gasteiger partial charge in [0, 0.05) is 0 Å². The van der Waals surface area contributed by atoms with E-state index in [1.165, 1.54) is 18.7 Å². The number of hydrogen-bond acceptors (Lipinski definition) is 4. The molecule has 0 spiro atoms. The van der Waals surface area contributed by atoms with Crippen LogP contribution in [-0.4, -0.2) is 28.9 Å². The van der Waals surface area contributed by atoms with Crippen molar-refractivity contribution in [2.75, 3.05) is 11.5 Å². The highest BCUT2D eigenvalue weighted by Crippen LogP contribution is 2.17. The van der Waals surface area contributed by atoms with Crippen molar-refractivity contribution in [1.82, 2.24) is 0 Å². The van der Waals surface area contributed by atoms with Crippen molar-refractivity contribution in [3.05, 3.63) is 0 Å². The van der Waals surface area contributed by atoms with Gasteiger partial charge in [-0.25, -0.2) is 0 Å². The van der Waals surface area contributed by atoms with Gasteiger partial charge >= 0.3 is 0 Å². The molecule has 0 aromatic heterocycles. The predicted octanol–water partition coefficient (Wildman–Crippen LogP) is 0.0766. The maximum atomic E-state index is 11.0. The molecular formula is C7H8O3S. The molecule has 1 rings (SSSR count). The number of hydrogen-bond donors (Lipinski definition) is 0. The van der Waals surface area contributed by atoms with Gasteiger partial charge in [0.2, 0.25) is 0 Å². The highest BCUT2D eigenvalue weighted by Gasteiger charge is 2.33. The first kappa shape index (κ1) is 8.46. The Morgan fingerprint density at radius 2 is 1.82 bits per heavy atom. The summed E-state index contributed by atoms with van der Waals surface area (Å²) in [6.45, 7) is 1.29. The highest BCUT2D eigenvalue weighted by atomic mass is 32.2. The monoisotopic (exact) mass is 172 g/mol. The molecule has 1 saturated heterocycles. The van der Waals surface area contributed by atoms with E-state index in [1.807, 2.05) is 0 Å². The van der Waals surface area contributed by atoms with Gasteiger partial charge in [-0.15, -0.1) is 11.8 Å². The Morgan fingerprint density at radius 3 is 2.09 bits per heavy atom. The zero-order valence-corrected chi connectivity index (χ0v) is 6.94. The number of carbonyl (C=O) groups is 3. The summed E-state index contributed by atoms with van der Waals surface area (Å²) < 4.78 is 0. The smallest absolute Gasteiger partial charge is 0.160 e. The van der Waals surface area contributed by atoms with Crippen molar-refractivity contribution in [3.63, 3.8) is 0 Å². The summed E-state index contributed by atoms with van der Waals surface area (Å²) in [5, 5.41) is 0. The molecule has 0 radical (unpaired) electrons. The molecule has 11 heavy (non-hydrogen) atoms. The molecule has 0 aromatic carbocycles. The topological polar surface area (TPSA) is 51.2 Å². The van der Waals surface area contributed by atoms with Crippen molar-refractivity contribution in [2.45, 2.75) is 6.92 Å². The molecule has 0 N–H and O–H groups in total. The minimum Gasteiger partial charge on any atom is -0.299 e. The Bertz CT molecular complexity index is 206. The first-order chi connectivity index (χ1) is 5.13. The first-order valence-electron chi connectivity index (χ1n) is 3.26. The van der Waals surface area contributed by atoms with E-state index < -0.39 is 5.92 Å². The zero-order valence-electron chi connectivity index (χ0n) is 6.12. The molecule has 3 nitrogen and oxygen atoms in total. The second kappa shape index (κ2) is 3.17. The number of carbonyl (C=O) groups excluding carboxylic acids is 3. The molecule has 0 amide bonds. The molecule has 0 unspecified atom stereocenters. The maximum Gasteiger partial charge on any atom is 0.160 e. The second-order valence-electron chi connectivity index (χ2n) is 2.47. The summed E-state index contributed by atoms with van der Waals surface area (Å²) in [6.07, 6.45) is 0. The second-order valence-corrected chi connectivity index (χ2v) is 3.45. The lowest BCUT2D eigenvalue weighted by Gasteiger charge is -2.15. The van der Waals surface area contributed by atoms with E-state index in [1.54, 1.807) is 0 Å². The van der Waals surface area contributed by atoms with E-state index in [0.29, 0.717) is 11.5 Å². The Hall–Kier alpha value is -0.640. The minimum atomic E-state index is -0.948. The van der Waals surface area contributed by atoms with E-state index in [9.17, 15) is 14.4 Å². The maximum absolute atomic E-state index is 11.0. The Balaban J connectivity index is 2.79. The van der Waals surface area contributed by atoms with Gasteiger partial charge in [-0.2, -0.15) is 0 Å². The molecule has 1 fully saturated rings. The van der Waals surface area contributed by atoms with Crippen molar-refractivity contribution < 1.29 is 14.4 Å². The molecule has 0 saturated carbocycles. The number of rotatable bonds is 1. The standard InChI is InChI=1S/C7H8O3S/c1-4(8)7-5(9)2-11-3-6(7)10/h7H,2-3H2,1H3. The molecule has 4 heteroatoms. The third kappa shape index (κ3) is 1.68. The molecule has 0 aliphatic carbocycles. The average molecular weight is 172 g/mol. The van der Waals surface area contributed by atoms with Gasteiger partial charge in [-0.1, -0.05) is 0 Å². The minimum absolute atomic E-state index is 0.237. The SMILES string of the molecule is CC(=O)C1C(=O)CSCC1=O. The quantitative estimate of drug-likeness (QED) is 0.525. The van der Waals surface area contributed by atoms with Crippen molar-refractivity contribution in [3.8, 4) is 0 Å². The largest absolute Gasteiger partial charge is 0.299 e. The third-order valence-electron chi connectivity index (χ3n) is 1.54. The van der Waals surface area contributed by atoms with Crippen LogP contribution in [0.1, 0.15) is 6.92 Å². The summed E-state index contributed by atoms with van der Waals surface area (Å²) in [4.78, 5) is 32.7. The van der Waals surface area contributed by atoms with Gasteiger partial charge < -0.3 is 0 Å². The van der Waals surface area contributed by atoms with Gasteiger partial charge in [0.25, 0.3) is 0 Å². The van der Waals surface area contributed by atoms with E-state index in [-0.39, 0.29) is 17.3 Å². The van der Waals surface area contributed by atoms with Crippen molar-refractivity contribution in [2.24, 2.45) is 5.92 Å². The van der Waals surface area contributed by atoms with E-state index in [4.69, 9.17) is 0 Å². The van der Waals surface area contributed by atoms with E-state index in [2.05, 4.69) is 0 Å². The number of thioether (sulfide) groups is 1. The van der Waals surface area contributed by atoms with Gasteiger partial charge in [0.1, 0.15) is 11.7 Å². The Kier molecular flexibility index (Phi) is 2.44. The molecule has 1 aliphatic heterocycles. The van der Waals surface area contributed by atoms with Crippen LogP contribution in [0.3, 0.4) is 0 Å². The van der Waals surface area contributed by atoms with Crippen molar-refractivity contribution in [1.29, 1.82) is 0 Å². The van der Waals surface area contributed by atoms with E-state index in [0.717, 1.165) is 0 Å². The molecule has 60 valence electrons. The average Bonchev–Trinajstić information content (AvgIpc) is 1.85. The molecule has 1 aliphatic rings. The summed E-state index contributed by atoms with van der Waals surface area (Å²) in [5.74, 6) is -1.14. The molecule has 1 heterocycles. The van der Waals surface area contributed by atoms with Gasteiger partial charge in [0.05, 0.1) is 11.5 Å². The van der Waals surface area contributed by atoms with Crippen LogP contribution < -0.4 is 0 Å². The summed E-state index contributed by atoms with van der Waals surface area (Å²) in [5.41, 5.74) is 0. The van der Waals surface area contributed by atoms with Crippen LogP contribution in [0.2, 0.25) is 0 Å². The van der Waals surface area contributed by atoms with Gasteiger partial charge in [0.15, 0.2) is 11.6 Å². The molecular weight excluding hydrogens is 164 g/mol. The predicted molar refractivity (Wildman–Crippen MR) is 41.5 cm³/mol. The van der Waals surface area contributed by atoms with Gasteiger partial charge in [-0.05, 0) is 6.92 Å².